The van der Waals surface area contributed by atoms with Crippen LogP contribution in [-0.2, 0) is 6.42 Å². The zero-order valence-electron chi connectivity index (χ0n) is 17.5. The largest absolute Gasteiger partial charge is 0.395 e. The maximum Gasteiger partial charge on any atom is 0.148 e. The quantitative estimate of drug-likeness (QED) is 0.217. The van der Waals surface area contributed by atoms with Gasteiger partial charge in [0.05, 0.1) is 46.6 Å². The lowest BCUT2D eigenvalue weighted by atomic mass is 10.1. The Kier molecular flexibility index (Phi) is 6.91. The lowest BCUT2D eigenvalue weighted by Crippen LogP contribution is -2.30. The summed E-state index contributed by atoms with van der Waals surface area (Å²) >= 11 is 8.27. The highest BCUT2D eigenvalue weighted by atomic mass is 127. The fourth-order valence-electron chi connectivity index (χ4n) is 4.17. The molecular weight excluding hydrogens is 778 g/mol. The van der Waals surface area contributed by atoms with Crippen molar-refractivity contribution in [1.29, 1.82) is 0 Å². The molecule has 2 aromatic rings. The van der Waals surface area contributed by atoms with E-state index in [1.807, 2.05) is 0 Å². The Bertz CT molecular complexity index is 1300. The Labute approximate surface area is 236 Å². The molecule has 0 atom stereocenters. The Hall–Kier alpha value is -0.960. The fraction of sp³-hybridized carbons (Fsp3) is 0.261. The Morgan fingerprint density at radius 3 is 2.70 bits per heavy atom. The molecule has 10 heteroatoms. The molecule has 2 N–H and O–H groups in total. The third-order valence-electron chi connectivity index (χ3n) is 5.84. The topological polar surface area (TPSA) is 57.8 Å². The van der Waals surface area contributed by atoms with Crippen molar-refractivity contribution in [3.05, 3.63) is 62.8 Å². The van der Waals surface area contributed by atoms with Gasteiger partial charge in [0.15, 0.2) is 0 Å². The zero-order valence-corrected chi connectivity index (χ0v) is 24.8. The highest BCUT2D eigenvalue weighted by molar-refractivity contribution is 14.1. The van der Waals surface area contributed by atoms with Crippen LogP contribution >= 0.6 is 79.1 Å². The van der Waals surface area contributed by atoms with E-state index in [-0.39, 0.29) is 11.5 Å². The van der Waals surface area contributed by atoms with Crippen molar-refractivity contribution >= 4 is 108 Å². The molecule has 170 valence electrons. The van der Waals surface area contributed by atoms with Gasteiger partial charge in [-0.25, -0.2) is 14.4 Å². The molecule has 5 rings (SSSR count). The van der Waals surface area contributed by atoms with Crippen LogP contribution in [0.4, 0.5) is 15.8 Å². The molecule has 0 unspecified atom stereocenters. The molecule has 0 amide bonds. The number of halogens is 4. The van der Waals surface area contributed by atoms with E-state index in [1.54, 1.807) is 17.5 Å². The molecule has 5 nitrogen and oxygen atoms in total. The predicted octanol–water partition coefficient (Wildman–Crippen LogP) is 6.43. The number of nitrogens with zero attached hydrogens (tertiary/aromatic N) is 4. The van der Waals surface area contributed by atoms with Crippen LogP contribution in [0.1, 0.15) is 28.4 Å². The molecule has 0 aliphatic carbocycles. The number of amidine groups is 1. The molecule has 0 radical (unpaired) electrons. The van der Waals surface area contributed by atoms with E-state index < -0.39 is 0 Å². The minimum absolute atomic E-state index is 0.178. The molecule has 3 aliphatic rings. The molecule has 3 aliphatic heterocycles. The van der Waals surface area contributed by atoms with Crippen LogP contribution in [0.25, 0.3) is 11.3 Å². The van der Waals surface area contributed by atoms with Crippen molar-refractivity contribution in [1.82, 2.24) is 9.88 Å². The van der Waals surface area contributed by atoms with E-state index in [4.69, 9.17) is 10.7 Å². The lowest BCUT2D eigenvalue weighted by molar-refractivity contribution is 0.522. The molecule has 1 aromatic heterocycles. The van der Waals surface area contributed by atoms with Crippen molar-refractivity contribution in [3.63, 3.8) is 0 Å². The number of nitrogen functional groups attached to an aromatic ring is 1. The van der Waals surface area contributed by atoms with Crippen LogP contribution in [0.5, 0.6) is 0 Å². The molecule has 0 spiro atoms. The van der Waals surface area contributed by atoms with Gasteiger partial charge >= 0.3 is 0 Å². The summed E-state index contributed by atoms with van der Waals surface area (Å²) in [6.45, 7) is 7.20. The second kappa shape index (κ2) is 9.59. The number of anilines is 2. The van der Waals surface area contributed by atoms with Crippen LogP contribution < -0.4 is 10.6 Å². The number of allylic oxidation sites excluding steroid dienone is 2. The summed E-state index contributed by atoms with van der Waals surface area (Å²) in [5.41, 5.74) is 13.2. The number of hydrogen-bond acceptors (Lipinski definition) is 6. The molecule has 0 saturated carbocycles. The molecule has 1 saturated heterocycles. The summed E-state index contributed by atoms with van der Waals surface area (Å²) < 4.78 is 16.7. The van der Waals surface area contributed by atoms with Crippen LogP contribution in [0, 0.1) is 13.0 Å². The SMILES string of the molecule is C=C1c2sc(C3=C=CN=C(N4CCCC4)C(I)=C3)nc2CCN1c1c(I)cc(F)c(N)c1I. The first kappa shape index (κ1) is 23.8. The average molecular weight is 797 g/mol. The standard InChI is InChI=1S/C23H19FI3N5S/c1-12-21-17(5-9-32(12)20-15(25)11-14(24)19(28)18(20)27)30-23(33-21)13-4-6-29-22(16(26)10-13)31-7-2-3-8-31/h6,10-11H,1-3,5,7-9,28H2. The van der Waals surface area contributed by atoms with Crippen molar-refractivity contribution < 1.29 is 4.39 Å². The van der Waals surface area contributed by atoms with Gasteiger partial charge in [-0.05, 0) is 92.8 Å². The van der Waals surface area contributed by atoms with Gasteiger partial charge in [0.2, 0.25) is 0 Å². The first-order chi connectivity index (χ1) is 15.8. The van der Waals surface area contributed by atoms with E-state index in [0.29, 0.717) is 3.57 Å². The van der Waals surface area contributed by atoms with Crippen LogP contribution in [0.15, 0.2) is 39.2 Å². The third-order valence-corrected chi connectivity index (χ3v) is 9.72. The monoisotopic (exact) mass is 797 g/mol. The van der Waals surface area contributed by atoms with Crippen LogP contribution in [0.3, 0.4) is 0 Å². The van der Waals surface area contributed by atoms with Gasteiger partial charge in [0, 0.05) is 29.6 Å². The number of thiazole rings is 1. The Balaban J connectivity index is 1.46. The van der Waals surface area contributed by atoms with Gasteiger partial charge in [0.25, 0.3) is 0 Å². The second-order valence-corrected chi connectivity index (χ2v) is 12.3. The third kappa shape index (κ3) is 4.41. The van der Waals surface area contributed by atoms with E-state index in [2.05, 4.69) is 101 Å². The van der Waals surface area contributed by atoms with Gasteiger partial charge in [0.1, 0.15) is 16.7 Å². The van der Waals surface area contributed by atoms with Gasteiger partial charge in [-0.2, -0.15) is 0 Å². The van der Waals surface area contributed by atoms with Crippen molar-refractivity contribution in [3.8, 4) is 0 Å². The molecule has 33 heavy (non-hydrogen) atoms. The normalized spacial score (nSPS) is 18.2. The highest BCUT2D eigenvalue weighted by Crippen LogP contribution is 2.42. The van der Waals surface area contributed by atoms with Gasteiger partial charge in [-0.15, -0.1) is 11.3 Å². The summed E-state index contributed by atoms with van der Waals surface area (Å²) in [7, 11) is 0. The van der Waals surface area contributed by atoms with Gasteiger partial charge < -0.3 is 15.5 Å². The molecular formula is C23H19FI3N5S. The number of fused-ring (bicyclic) bond motifs is 1. The van der Waals surface area contributed by atoms with Crippen molar-refractivity contribution in [2.75, 3.05) is 30.3 Å². The maximum atomic E-state index is 14.1. The number of aliphatic imine (C=N–C) groups is 1. The second-order valence-electron chi connectivity index (χ2n) is 7.89. The molecule has 1 aromatic carbocycles. The zero-order chi connectivity index (χ0) is 23.3. The number of likely N-dealkylation sites (tertiary alicyclic amines) is 1. The first-order valence-electron chi connectivity index (χ1n) is 10.4. The Morgan fingerprint density at radius 2 is 1.94 bits per heavy atom. The van der Waals surface area contributed by atoms with Crippen molar-refractivity contribution in [2.45, 2.75) is 19.3 Å². The summed E-state index contributed by atoms with van der Waals surface area (Å²) in [4.78, 5) is 15.1. The highest BCUT2D eigenvalue weighted by Gasteiger charge is 2.29. The summed E-state index contributed by atoms with van der Waals surface area (Å²) in [6, 6.07) is 1.49. The lowest BCUT2D eigenvalue weighted by Gasteiger charge is -2.32. The molecule has 4 heterocycles. The van der Waals surface area contributed by atoms with Crippen LogP contribution in [-0.4, -0.2) is 35.4 Å². The number of nitrogens with two attached hydrogens (primary N) is 1. The number of hydrogen-bond donors (Lipinski definition) is 1. The Morgan fingerprint density at radius 1 is 1.18 bits per heavy atom. The summed E-state index contributed by atoms with van der Waals surface area (Å²) in [5.74, 6) is 0.630. The average Bonchev–Trinajstić information content (AvgIpc) is 3.42. The number of benzene rings is 1. The van der Waals surface area contributed by atoms with Crippen LogP contribution in [0.2, 0.25) is 0 Å². The van der Waals surface area contributed by atoms with E-state index in [0.717, 1.165) is 71.6 Å². The molecule has 1 fully saturated rings. The number of rotatable bonds is 2. The summed E-state index contributed by atoms with van der Waals surface area (Å²) in [5, 5.41) is 0.911. The van der Waals surface area contributed by atoms with Gasteiger partial charge in [-0.1, -0.05) is 12.3 Å². The van der Waals surface area contributed by atoms with Crippen molar-refractivity contribution in [2.24, 2.45) is 4.99 Å². The molecule has 0 bridgehead atoms. The summed E-state index contributed by atoms with van der Waals surface area (Å²) in [6.07, 6.45) is 7.09. The maximum absolute atomic E-state index is 14.1. The minimum Gasteiger partial charge on any atom is -0.395 e. The fourth-order valence-corrected chi connectivity index (χ4v) is 8.22. The van der Waals surface area contributed by atoms with E-state index in [9.17, 15) is 4.39 Å². The predicted molar refractivity (Wildman–Crippen MR) is 160 cm³/mol. The van der Waals surface area contributed by atoms with E-state index >= 15 is 0 Å². The smallest absolute Gasteiger partial charge is 0.148 e. The first-order valence-corrected chi connectivity index (χ1v) is 14.5. The number of aromatic nitrogens is 1. The van der Waals surface area contributed by atoms with Gasteiger partial charge in [-0.3, -0.25) is 0 Å². The van der Waals surface area contributed by atoms with E-state index in [1.165, 1.54) is 18.9 Å². The minimum atomic E-state index is -0.389.